The number of hydrogen-bond donors (Lipinski definition) is 0. The molecule has 0 N–H and O–H groups in total. The zero-order valence-electron chi connectivity index (χ0n) is 16.2. The molecule has 1 aliphatic heterocycles. The Balaban J connectivity index is 0.00000240. The van der Waals surface area contributed by atoms with E-state index in [1.807, 2.05) is 0 Å². The van der Waals surface area contributed by atoms with Gasteiger partial charge in [0.1, 0.15) is 4.58 Å². The number of urea groups is 1. The van der Waals surface area contributed by atoms with E-state index in [1.54, 1.807) is 24.3 Å². The molecular formula is C21H24ClN3O4. The van der Waals surface area contributed by atoms with E-state index >= 15 is 0 Å². The normalized spacial score (nSPS) is 18.7. The van der Waals surface area contributed by atoms with Crippen LogP contribution in [0.2, 0.25) is 0 Å². The molecule has 4 amide bonds. The molecule has 8 heteroatoms. The second-order valence-corrected chi connectivity index (χ2v) is 7.37. The molecule has 0 aromatic heterocycles. The Morgan fingerprint density at radius 1 is 0.793 bits per heavy atom. The molecule has 0 unspecified atom stereocenters. The average Bonchev–Trinajstić information content (AvgIpc) is 2.98. The maximum atomic E-state index is 12.4. The summed E-state index contributed by atoms with van der Waals surface area (Å²) in [6, 6.07) is 6.67. The molecule has 2 aliphatic carbocycles. The maximum Gasteiger partial charge on any atom is 0.640 e. The molecule has 154 valence electrons. The molecule has 2 saturated carbocycles. The Morgan fingerprint density at radius 2 is 1.24 bits per heavy atom. The first-order chi connectivity index (χ1) is 13.7. The van der Waals surface area contributed by atoms with Gasteiger partial charge in [0.2, 0.25) is 0 Å². The number of hydroxylamine groups is 2. The molecule has 0 saturated heterocycles. The second-order valence-electron chi connectivity index (χ2n) is 7.37. The number of imide groups is 1. The molecule has 0 radical (unpaired) electrons. The SMILES string of the molecule is O=C1c2ccccc2C(=O)N1O[O+]=C(N=C1CCCCC1)N=C1CCCCC1.[Cl-]. The van der Waals surface area contributed by atoms with Crippen molar-refractivity contribution in [3.05, 3.63) is 35.4 Å². The summed E-state index contributed by atoms with van der Waals surface area (Å²) in [5.41, 5.74) is 2.64. The highest BCUT2D eigenvalue weighted by atomic mass is 35.5. The fourth-order valence-electron chi connectivity index (χ4n) is 3.78. The summed E-state index contributed by atoms with van der Waals surface area (Å²) >= 11 is 0. The van der Waals surface area contributed by atoms with Crippen molar-refractivity contribution < 1.29 is 31.6 Å². The predicted molar refractivity (Wildman–Crippen MR) is 104 cm³/mol. The first-order valence-electron chi connectivity index (χ1n) is 10.0. The fourth-order valence-corrected chi connectivity index (χ4v) is 3.78. The highest BCUT2D eigenvalue weighted by molar-refractivity contribution is 6.20. The van der Waals surface area contributed by atoms with E-state index in [0.29, 0.717) is 16.2 Å². The third kappa shape index (κ3) is 4.90. The Bertz CT molecular complexity index is 797. The van der Waals surface area contributed by atoms with Crippen LogP contribution >= 0.6 is 0 Å². The van der Waals surface area contributed by atoms with Crippen molar-refractivity contribution >= 4 is 29.3 Å². The summed E-state index contributed by atoms with van der Waals surface area (Å²) in [7, 11) is 0. The van der Waals surface area contributed by atoms with E-state index in [-0.39, 0.29) is 18.4 Å². The average molecular weight is 418 g/mol. The van der Waals surface area contributed by atoms with E-state index in [1.165, 1.54) is 12.8 Å². The van der Waals surface area contributed by atoms with Crippen molar-refractivity contribution in [1.29, 1.82) is 0 Å². The number of fused-ring (bicyclic) bond motifs is 1. The molecular weight excluding hydrogens is 394 g/mol. The Kier molecular flexibility index (Phi) is 7.14. The molecule has 1 aromatic carbocycles. The van der Waals surface area contributed by atoms with Crippen LogP contribution in [0.4, 0.5) is 4.58 Å². The maximum absolute atomic E-state index is 12.4. The summed E-state index contributed by atoms with van der Waals surface area (Å²) in [5, 5.41) is 0.632. The van der Waals surface area contributed by atoms with Crippen molar-refractivity contribution in [3.63, 3.8) is 0 Å². The van der Waals surface area contributed by atoms with Gasteiger partial charge in [-0.25, -0.2) is 0 Å². The minimum Gasteiger partial charge on any atom is -1.00 e. The van der Waals surface area contributed by atoms with Crippen LogP contribution in [0, 0.1) is 0 Å². The first kappa shape index (κ1) is 21.2. The lowest BCUT2D eigenvalue weighted by atomic mass is 9.98. The van der Waals surface area contributed by atoms with E-state index in [4.69, 9.17) is 9.56 Å². The third-order valence-corrected chi connectivity index (χ3v) is 5.31. The van der Waals surface area contributed by atoms with Gasteiger partial charge in [-0.15, -0.1) is 9.98 Å². The summed E-state index contributed by atoms with van der Waals surface area (Å²) in [4.78, 5) is 39.1. The summed E-state index contributed by atoms with van der Waals surface area (Å²) in [6.07, 6.45) is 10.4. The topological polar surface area (TPSA) is 82.6 Å². The highest BCUT2D eigenvalue weighted by Gasteiger charge is 2.41. The van der Waals surface area contributed by atoms with Crippen LogP contribution < -0.4 is 12.4 Å². The van der Waals surface area contributed by atoms with Gasteiger partial charge in [0, 0.05) is 16.4 Å². The van der Waals surface area contributed by atoms with Crippen LogP contribution in [0.5, 0.6) is 0 Å². The monoisotopic (exact) mass is 417 g/mol. The van der Waals surface area contributed by atoms with Crippen LogP contribution in [-0.2, 0) is 4.99 Å². The van der Waals surface area contributed by atoms with Gasteiger partial charge >= 0.3 is 17.8 Å². The molecule has 0 atom stereocenters. The summed E-state index contributed by atoms with van der Waals surface area (Å²) in [6.45, 7) is 0. The second kappa shape index (κ2) is 9.78. The molecule has 7 nitrogen and oxygen atoms in total. The Morgan fingerprint density at radius 3 is 1.69 bits per heavy atom. The van der Waals surface area contributed by atoms with Crippen LogP contribution in [-0.4, -0.2) is 34.3 Å². The standard InChI is InChI=1S/C21H24N3O4.ClH/c25-19-17-13-7-8-14-18(17)20(26)24(19)28-27-21(22-15-9-3-1-4-10-15)23-16-11-5-2-6-12-16;/h7-8,13-14H,1-6,9-12H2;1H/q+1;/p-1. The van der Waals surface area contributed by atoms with Crippen molar-refractivity contribution in [2.45, 2.75) is 64.2 Å². The Labute approximate surface area is 175 Å². The molecule has 1 heterocycles. The highest BCUT2D eigenvalue weighted by Crippen LogP contribution is 2.24. The molecule has 1 aromatic rings. The number of halogens is 1. The van der Waals surface area contributed by atoms with Gasteiger partial charge in [-0.3, -0.25) is 9.59 Å². The van der Waals surface area contributed by atoms with Crippen molar-refractivity contribution in [1.82, 2.24) is 5.06 Å². The van der Waals surface area contributed by atoms with Crippen molar-refractivity contribution in [3.8, 4) is 0 Å². The van der Waals surface area contributed by atoms with Gasteiger partial charge in [-0.1, -0.05) is 25.0 Å². The number of benzene rings is 1. The van der Waals surface area contributed by atoms with E-state index < -0.39 is 11.8 Å². The number of nitrogens with zero attached hydrogens (tertiary/aromatic N) is 3. The smallest absolute Gasteiger partial charge is 0.640 e. The van der Waals surface area contributed by atoms with Gasteiger partial charge < -0.3 is 12.4 Å². The van der Waals surface area contributed by atoms with Gasteiger partial charge in [0.05, 0.1) is 11.1 Å². The van der Waals surface area contributed by atoms with Crippen molar-refractivity contribution in [2.75, 3.05) is 0 Å². The van der Waals surface area contributed by atoms with Crippen LogP contribution in [0.3, 0.4) is 0 Å². The van der Waals surface area contributed by atoms with E-state index in [2.05, 4.69) is 9.98 Å². The number of hydrogen-bond acceptors (Lipinski definition) is 3. The number of carbonyl (C=O) groups is 2. The van der Waals surface area contributed by atoms with Gasteiger partial charge in [0.25, 0.3) is 0 Å². The number of rotatable bonds is 2. The zero-order valence-corrected chi connectivity index (χ0v) is 17.0. The van der Waals surface area contributed by atoms with Crippen LogP contribution in [0.15, 0.2) is 34.3 Å². The number of carbonyl (C=O) groups excluding carboxylic acids is 3. The minimum atomic E-state index is -0.546. The van der Waals surface area contributed by atoms with Crippen LogP contribution in [0.25, 0.3) is 0 Å². The Hall–Kier alpha value is -2.54. The van der Waals surface area contributed by atoms with E-state index in [9.17, 15) is 9.59 Å². The molecule has 0 bridgehead atoms. The predicted octanol–water partition coefficient (Wildman–Crippen LogP) is 1.60. The van der Waals surface area contributed by atoms with E-state index in [0.717, 1.165) is 62.8 Å². The number of aliphatic imine (C=N–C) groups is 2. The lowest BCUT2D eigenvalue weighted by molar-refractivity contribution is -0.575. The fraction of sp³-hybridized carbons (Fsp3) is 0.476. The number of amides is 4. The van der Waals surface area contributed by atoms with Gasteiger partial charge in [0.15, 0.2) is 0 Å². The minimum absolute atomic E-state index is 0. The third-order valence-electron chi connectivity index (χ3n) is 5.31. The summed E-state index contributed by atoms with van der Waals surface area (Å²) in [5.74, 6) is -1.09. The largest absolute Gasteiger partial charge is 1.00 e. The summed E-state index contributed by atoms with van der Waals surface area (Å²) < 4.78 is 5.33. The molecule has 3 aliphatic rings. The molecule has 29 heavy (non-hydrogen) atoms. The lowest BCUT2D eigenvalue weighted by Gasteiger charge is -2.11. The van der Waals surface area contributed by atoms with Gasteiger partial charge in [-0.05, 0) is 68.6 Å². The van der Waals surface area contributed by atoms with Gasteiger partial charge in [-0.2, -0.15) is 0 Å². The van der Waals surface area contributed by atoms with Crippen molar-refractivity contribution in [2.24, 2.45) is 9.98 Å². The first-order valence-corrected chi connectivity index (χ1v) is 10.0. The zero-order chi connectivity index (χ0) is 19.3. The molecule has 2 fully saturated rings. The quantitative estimate of drug-likeness (QED) is 0.317. The molecule has 4 rings (SSSR count). The van der Waals surface area contributed by atoms with Crippen LogP contribution in [0.1, 0.15) is 84.9 Å². The molecule has 0 spiro atoms. The lowest BCUT2D eigenvalue weighted by Crippen LogP contribution is -3.00.